The number of amides is 1. The number of benzene rings is 1. The minimum Gasteiger partial charge on any atom is -0.387 e. The molecule has 120 valence electrons. The summed E-state index contributed by atoms with van der Waals surface area (Å²) < 4.78 is 14.5. The summed E-state index contributed by atoms with van der Waals surface area (Å²) in [6.45, 7) is 0.132. The van der Waals surface area contributed by atoms with Crippen molar-refractivity contribution >= 4 is 21.8 Å². The van der Waals surface area contributed by atoms with Crippen LogP contribution in [0.5, 0.6) is 0 Å². The van der Waals surface area contributed by atoms with Gasteiger partial charge < -0.3 is 10.4 Å². The molecular weight excluding hydrogens is 363 g/mol. The largest absolute Gasteiger partial charge is 0.387 e. The maximum absolute atomic E-state index is 13.8. The number of aliphatic hydroxyl groups excluding tert-OH is 1. The van der Waals surface area contributed by atoms with E-state index in [4.69, 9.17) is 0 Å². The number of nitrogens with one attached hydrogen (secondary N) is 1. The molecule has 0 saturated carbocycles. The normalized spacial score (nSPS) is 20.0. The van der Waals surface area contributed by atoms with E-state index in [1.807, 2.05) is 6.07 Å². The quantitative estimate of drug-likeness (QED) is 0.861. The summed E-state index contributed by atoms with van der Waals surface area (Å²) in [5.41, 5.74) is 1.75. The average Bonchev–Trinajstić information content (AvgIpc) is 2.54. The van der Waals surface area contributed by atoms with Gasteiger partial charge >= 0.3 is 0 Å². The molecule has 3 rings (SSSR count). The molecule has 0 spiro atoms. The first-order valence-electron chi connectivity index (χ1n) is 7.41. The van der Waals surface area contributed by atoms with Gasteiger partial charge in [0.2, 0.25) is 5.91 Å². The van der Waals surface area contributed by atoms with Crippen molar-refractivity contribution in [2.45, 2.75) is 31.4 Å². The van der Waals surface area contributed by atoms with E-state index >= 15 is 0 Å². The summed E-state index contributed by atoms with van der Waals surface area (Å²) in [7, 11) is 0. The number of aliphatic hydroxyl groups is 1. The fraction of sp³-hybridized carbons (Fsp3) is 0.294. The van der Waals surface area contributed by atoms with Gasteiger partial charge in [-0.05, 0) is 36.6 Å². The number of carbonyl (C=O) groups excluding carboxylic acids is 1. The molecule has 2 aromatic rings. The van der Waals surface area contributed by atoms with Crippen molar-refractivity contribution in [1.29, 1.82) is 0 Å². The summed E-state index contributed by atoms with van der Waals surface area (Å²) in [6.07, 6.45) is 2.03. The highest BCUT2D eigenvalue weighted by atomic mass is 79.9. The number of pyridine rings is 1. The molecule has 0 bridgehead atoms. The van der Waals surface area contributed by atoms with Crippen LogP contribution in [0.1, 0.15) is 41.7 Å². The first kappa shape index (κ1) is 16.1. The second kappa shape index (κ2) is 6.76. The van der Waals surface area contributed by atoms with Crippen molar-refractivity contribution in [2.75, 3.05) is 0 Å². The smallest absolute Gasteiger partial charge is 0.227 e. The number of hydrogen-bond acceptors (Lipinski definition) is 3. The van der Waals surface area contributed by atoms with Gasteiger partial charge in [-0.25, -0.2) is 4.39 Å². The molecule has 0 aliphatic heterocycles. The van der Waals surface area contributed by atoms with Gasteiger partial charge in [0.1, 0.15) is 5.82 Å². The van der Waals surface area contributed by atoms with Crippen LogP contribution in [-0.4, -0.2) is 16.0 Å². The Morgan fingerprint density at radius 3 is 3.00 bits per heavy atom. The predicted molar refractivity (Wildman–Crippen MR) is 87.1 cm³/mol. The number of nitrogens with zero attached hydrogens (tertiary/aromatic N) is 1. The van der Waals surface area contributed by atoms with Crippen molar-refractivity contribution in [3.8, 4) is 0 Å². The standard InChI is InChI=1S/C17H16BrFN2O2/c18-11-4-3-10(14(19)8-11)9-21-17(23)13-5-6-15(22)16-12(13)2-1-7-20-16/h1-4,7-8,13,15,22H,5-6,9H2,(H,21,23). The van der Waals surface area contributed by atoms with Gasteiger partial charge in [0.05, 0.1) is 17.7 Å². The zero-order valence-corrected chi connectivity index (χ0v) is 13.9. The molecule has 23 heavy (non-hydrogen) atoms. The summed E-state index contributed by atoms with van der Waals surface area (Å²) in [5.74, 6) is -0.894. The van der Waals surface area contributed by atoms with Crippen LogP contribution in [0.25, 0.3) is 0 Å². The van der Waals surface area contributed by atoms with Crippen LogP contribution in [0, 0.1) is 5.82 Å². The van der Waals surface area contributed by atoms with Gasteiger partial charge in [0.25, 0.3) is 0 Å². The molecule has 0 saturated heterocycles. The Morgan fingerprint density at radius 1 is 1.39 bits per heavy atom. The Balaban J connectivity index is 1.73. The Labute approximate surface area is 141 Å². The van der Waals surface area contributed by atoms with Crippen LogP contribution < -0.4 is 5.32 Å². The van der Waals surface area contributed by atoms with Crippen LogP contribution in [0.3, 0.4) is 0 Å². The molecule has 0 fully saturated rings. The first-order chi connectivity index (χ1) is 11.1. The fourth-order valence-corrected chi connectivity index (χ4v) is 3.20. The maximum Gasteiger partial charge on any atom is 0.227 e. The third-order valence-electron chi connectivity index (χ3n) is 4.08. The number of aromatic nitrogens is 1. The lowest BCUT2D eigenvalue weighted by Crippen LogP contribution is -2.32. The molecule has 1 aliphatic carbocycles. The van der Waals surface area contributed by atoms with Gasteiger partial charge in [-0.3, -0.25) is 9.78 Å². The fourth-order valence-electron chi connectivity index (χ4n) is 2.86. The highest BCUT2D eigenvalue weighted by Crippen LogP contribution is 2.36. The Morgan fingerprint density at radius 2 is 2.22 bits per heavy atom. The number of rotatable bonds is 3. The lowest BCUT2D eigenvalue weighted by molar-refractivity contribution is -0.123. The second-order valence-electron chi connectivity index (χ2n) is 5.58. The average molecular weight is 379 g/mol. The number of carbonyl (C=O) groups is 1. The van der Waals surface area contributed by atoms with Crippen LogP contribution >= 0.6 is 15.9 Å². The van der Waals surface area contributed by atoms with Gasteiger partial charge in [-0.2, -0.15) is 0 Å². The number of halogens is 2. The van der Waals surface area contributed by atoms with E-state index in [0.29, 0.717) is 28.6 Å². The molecule has 1 heterocycles. The second-order valence-corrected chi connectivity index (χ2v) is 6.49. The molecule has 1 amide bonds. The Hall–Kier alpha value is -1.79. The molecule has 1 aromatic carbocycles. The first-order valence-corrected chi connectivity index (χ1v) is 8.20. The van der Waals surface area contributed by atoms with E-state index in [1.54, 1.807) is 24.4 Å². The SMILES string of the molecule is O=C(NCc1ccc(Br)cc1F)C1CCC(O)c2ncccc21. The van der Waals surface area contributed by atoms with E-state index < -0.39 is 6.10 Å². The van der Waals surface area contributed by atoms with Crippen molar-refractivity contribution in [1.82, 2.24) is 10.3 Å². The van der Waals surface area contributed by atoms with Crippen molar-refractivity contribution < 1.29 is 14.3 Å². The highest BCUT2D eigenvalue weighted by molar-refractivity contribution is 9.10. The van der Waals surface area contributed by atoms with E-state index in [-0.39, 0.29) is 24.2 Å². The summed E-state index contributed by atoms with van der Waals surface area (Å²) in [4.78, 5) is 16.6. The third kappa shape index (κ3) is 3.43. The molecular formula is C17H16BrFN2O2. The third-order valence-corrected chi connectivity index (χ3v) is 4.57. The maximum atomic E-state index is 13.8. The molecule has 1 aliphatic rings. The van der Waals surface area contributed by atoms with Gasteiger partial charge in [-0.15, -0.1) is 0 Å². The molecule has 6 heteroatoms. The minimum atomic E-state index is -0.626. The summed E-state index contributed by atoms with van der Waals surface area (Å²) >= 11 is 3.20. The lowest BCUT2D eigenvalue weighted by Gasteiger charge is -2.27. The van der Waals surface area contributed by atoms with Crippen molar-refractivity contribution in [3.63, 3.8) is 0 Å². The van der Waals surface area contributed by atoms with E-state index in [0.717, 1.165) is 5.56 Å². The molecule has 0 radical (unpaired) electrons. The zero-order valence-electron chi connectivity index (χ0n) is 12.3. The van der Waals surface area contributed by atoms with Crippen LogP contribution in [0.15, 0.2) is 41.0 Å². The van der Waals surface area contributed by atoms with Gasteiger partial charge in [0.15, 0.2) is 0 Å². The molecule has 1 aromatic heterocycles. The summed E-state index contributed by atoms with van der Waals surface area (Å²) in [6, 6.07) is 8.32. The monoisotopic (exact) mass is 378 g/mol. The summed E-state index contributed by atoms with van der Waals surface area (Å²) in [5, 5.41) is 12.8. The van der Waals surface area contributed by atoms with Crippen LogP contribution in [0.4, 0.5) is 4.39 Å². The van der Waals surface area contributed by atoms with Crippen molar-refractivity contribution in [3.05, 3.63) is 63.6 Å². The highest BCUT2D eigenvalue weighted by Gasteiger charge is 2.31. The van der Waals surface area contributed by atoms with Gasteiger partial charge in [-0.1, -0.05) is 28.1 Å². The lowest BCUT2D eigenvalue weighted by atomic mass is 9.83. The van der Waals surface area contributed by atoms with Crippen LogP contribution in [-0.2, 0) is 11.3 Å². The topological polar surface area (TPSA) is 62.2 Å². The van der Waals surface area contributed by atoms with Gasteiger partial charge in [0, 0.05) is 22.8 Å². The molecule has 2 atom stereocenters. The minimum absolute atomic E-state index is 0.132. The zero-order chi connectivity index (χ0) is 16.4. The molecule has 2 N–H and O–H groups in total. The van der Waals surface area contributed by atoms with E-state index in [9.17, 15) is 14.3 Å². The predicted octanol–water partition coefficient (Wildman–Crippen LogP) is 3.21. The van der Waals surface area contributed by atoms with E-state index in [1.165, 1.54) is 6.07 Å². The Bertz CT molecular complexity index is 738. The van der Waals surface area contributed by atoms with Crippen LogP contribution in [0.2, 0.25) is 0 Å². The number of fused-ring (bicyclic) bond motifs is 1. The van der Waals surface area contributed by atoms with E-state index in [2.05, 4.69) is 26.2 Å². The van der Waals surface area contributed by atoms with Crippen molar-refractivity contribution in [2.24, 2.45) is 0 Å². The molecule has 4 nitrogen and oxygen atoms in total. The Kier molecular flexibility index (Phi) is 4.73. The number of hydrogen-bond donors (Lipinski definition) is 2. The molecule has 2 unspecified atom stereocenters.